The highest BCUT2D eigenvalue weighted by Crippen LogP contribution is 2.19. The van der Waals surface area contributed by atoms with Gasteiger partial charge in [0.05, 0.1) is 36.5 Å². The van der Waals surface area contributed by atoms with Gasteiger partial charge in [0.1, 0.15) is 18.3 Å². The molecule has 2 heterocycles. The highest BCUT2D eigenvalue weighted by Gasteiger charge is 2.39. The zero-order valence-corrected chi connectivity index (χ0v) is 17.7. The number of aliphatic hydroxyl groups is 2. The zero-order valence-electron chi connectivity index (χ0n) is 16.9. The van der Waals surface area contributed by atoms with Gasteiger partial charge in [-0.1, -0.05) is 41.9 Å². The van der Waals surface area contributed by atoms with E-state index in [0.717, 1.165) is 0 Å². The highest BCUT2D eigenvalue weighted by atomic mass is 35.5. The SMILES string of the molecule is O=C(Cc1ccccc1Cl)N[C@@H]1CO[C@H](Cn2c(=O)[nH]c(=O)c3ccccc32)[C@@H](O)[C@H]1O. The Hall–Kier alpha value is -2.98. The fourth-order valence-corrected chi connectivity index (χ4v) is 4.05. The molecule has 0 spiro atoms. The van der Waals surface area contributed by atoms with Crippen molar-refractivity contribution in [3.05, 3.63) is 80.0 Å². The Morgan fingerprint density at radius 3 is 2.62 bits per heavy atom. The van der Waals surface area contributed by atoms with Gasteiger partial charge in [0.25, 0.3) is 5.56 Å². The molecule has 32 heavy (non-hydrogen) atoms. The van der Waals surface area contributed by atoms with Crippen LogP contribution in [0, 0.1) is 0 Å². The molecule has 168 valence electrons. The first-order chi connectivity index (χ1) is 15.3. The number of para-hydroxylation sites is 1. The first kappa shape index (κ1) is 22.2. The third kappa shape index (κ3) is 4.46. The number of ether oxygens (including phenoxy) is 1. The second-order valence-electron chi connectivity index (χ2n) is 7.68. The van der Waals surface area contributed by atoms with E-state index in [1.165, 1.54) is 4.57 Å². The van der Waals surface area contributed by atoms with Gasteiger partial charge in [0.15, 0.2) is 0 Å². The maximum Gasteiger partial charge on any atom is 0.328 e. The standard InChI is InChI=1S/C22H22ClN3O6/c23-14-7-3-1-5-12(14)9-18(27)24-15-11-32-17(20(29)19(15)28)10-26-16-8-4-2-6-13(16)21(30)25-22(26)31/h1-8,15,17,19-20,28-29H,9-11H2,(H,24,27)(H,25,30,31)/t15-,17-,19+,20-/m1/s1. The molecule has 0 radical (unpaired) electrons. The molecule has 1 saturated heterocycles. The molecule has 4 rings (SSSR count). The second-order valence-corrected chi connectivity index (χ2v) is 8.09. The number of hydrogen-bond donors (Lipinski definition) is 4. The molecule has 9 nitrogen and oxygen atoms in total. The summed E-state index contributed by atoms with van der Waals surface area (Å²) in [4.78, 5) is 39.0. The molecule has 1 amide bonds. The van der Waals surface area contributed by atoms with Gasteiger partial charge in [0.2, 0.25) is 5.91 Å². The molecule has 0 aliphatic carbocycles. The van der Waals surface area contributed by atoms with Gasteiger partial charge in [-0.25, -0.2) is 4.79 Å². The number of H-pyrrole nitrogens is 1. The van der Waals surface area contributed by atoms with Gasteiger partial charge in [-0.05, 0) is 23.8 Å². The fourth-order valence-electron chi connectivity index (χ4n) is 3.85. The summed E-state index contributed by atoms with van der Waals surface area (Å²) < 4.78 is 6.97. The minimum absolute atomic E-state index is 0.0151. The number of hydrogen-bond acceptors (Lipinski definition) is 6. The predicted molar refractivity (Wildman–Crippen MR) is 118 cm³/mol. The minimum Gasteiger partial charge on any atom is -0.388 e. The van der Waals surface area contributed by atoms with Crippen LogP contribution in [0.2, 0.25) is 5.02 Å². The maximum atomic E-state index is 12.4. The van der Waals surface area contributed by atoms with Crippen LogP contribution < -0.4 is 16.6 Å². The molecule has 4 N–H and O–H groups in total. The fraction of sp³-hybridized carbons (Fsp3) is 0.318. The lowest BCUT2D eigenvalue weighted by Crippen LogP contribution is -2.60. The maximum absolute atomic E-state index is 12.4. The summed E-state index contributed by atoms with van der Waals surface area (Å²) in [5.41, 5.74) is -0.121. The number of rotatable bonds is 5. The van der Waals surface area contributed by atoms with Crippen molar-refractivity contribution in [3.8, 4) is 0 Å². The smallest absolute Gasteiger partial charge is 0.328 e. The number of aromatic nitrogens is 2. The van der Waals surface area contributed by atoms with Crippen molar-refractivity contribution >= 4 is 28.4 Å². The number of aromatic amines is 1. The monoisotopic (exact) mass is 459 g/mol. The minimum atomic E-state index is -1.37. The van der Waals surface area contributed by atoms with E-state index in [0.29, 0.717) is 21.5 Å². The number of amides is 1. The van der Waals surface area contributed by atoms with Crippen molar-refractivity contribution in [2.24, 2.45) is 0 Å². The quantitative estimate of drug-likeness (QED) is 0.430. The second kappa shape index (κ2) is 9.25. The Morgan fingerprint density at radius 2 is 1.84 bits per heavy atom. The Kier molecular flexibility index (Phi) is 6.43. The van der Waals surface area contributed by atoms with Crippen LogP contribution in [0.3, 0.4) is 0 Å². The molecule has 4 atom stereocenters. The van der Waals surface area contributed by atoms with Crippen molar-refractivity contribution in [1.82, 2.24) is 14.9 Å². The summed E-state index contributed by atoms with van der Waals surface area (Å²) in [5.74, 6) is -0.376. The lowest BCUT2D eigenvalue weighted by molar-refractivity contribution is -0.158. The molecule has 0 bridgehead atoms. The molecule has 1 fully saturated rings. The van der Waals surface area contributed by atoms with E-state index in [9.17, 15) is 24.6 Å². The van der Waals surface area contributed by atoms with Crippen LogP contribution in [-0.4, -0.2) is 56.6 Å². The normalized spacial score (nSPS) is 23.2. The van der Waals surface area contributed by atoms with E-state index < -0.39 is 35.6 Å². The van der Waals surface area contributed by atoms with Crippen molar-refractivity contribution in [1.29, 1.82) is 0 Å². The van der Waals surface area contributed by atoms with Crippen LogP contribution in [0.1, 0.15) is 5.56 Å². The molecule has 1 aliphatic rings. The van der Waals surface area contributed by atoms with Crippen LogP contribution in [-0.2, 0) is 22.5 Å². The van der Waals surface area contributed by atoms with Gasteiger partial charge < -0.3 is 20.3 Å². The molecule has 0 saturated carbocycles. The molecular formula is C22H22ClN3O6. The average Bonchev–Trinajstić information content (AvgIpc) is 2.77. The van der Waals surface area contributed by atoms with Crippen LogP contribution >= 0.6 is 11.6 Å². The lowest BCUT2D eigenvalue weighted by Gasteiger charge is -2.38. The number of nitrogens with one attached hydrogen (secondary N) is 2. The van der Waals surface area contributed by atoms with Crippen LogP contribution in [0.15, 0.2) is 58.1 Å². The predicted octanol–water partition coefficient (Wildman–Crippen LogP) is 0.191. The third-order valence-electron chi connectivity index (χ3n) is 5.56. The van der Waals surface area contributed by atoms with Gasteiger partial charge in [-0.15, -0.1) is 0 Å². The first-order valence-electron chi connectivity index (χ1n) is 10.1. The summed E-state index contributed by atoms with van der Waals surface area (Å²) in [6.45, 7) is -0.151. The lowest BCUT2D eigenvalue weighted by atomic mass is 9.97. The topological polar surface area (TPSA) is 134 Å². The molecule has 0 unspecified atom stereocenters. The van der Waals surface area contributed by atoms with E-state index in [-0.39, 0.29) is 25.5 Å². The largest absolute Gasteiger partial charge is 0.388 e. The number of benzene rings is 2. The molecule has 1 aliphatic heterocycles. The van der Waals surface area contributed by atoms with Crippen molar-refractivity contribution < 1.29 is 19.7 Å². The van der Waals surface area contributed by atoms with Crippen LogP contribution in [0.5, 0.6) is 0 Å². The molecule has 10 heteroatoms. The Morgan fingerprint density at radius 1 is 1.12 bits per heavy atom. The number of halogens is 1. The summed E-state index contributed by atoms with van der Waals surface area (Å²) in [5, 5.41) is 24.6. The average molecular weight is 460 g/mol. The summed E-state index contributed by atoms with van der Waals surface area (Å²) in [6.07, 6.45) is -3.59. The molecular weight excluding hydrogens is 438 g/mol. The number of carbonyl (C=O) groups is 1. The van der Waals surface area contributed by atoms with E-state index in [1.54, 1.807) is 48.5 Å². The highest BCUT2D eigenvalue weighted by molar-refractivity contribution is 6.31. The third-order valence-corrected chi connectivity index (χ3v) is 5.92. The number of carbonyl (C=O) groups excluding carboxylic acids is 1. The van der Waals surface area contributed by atoms with Gasteiger partial charge in [-0.3, -0.25) is 19.1 Å². The first-order valence-corrected chi connectivity index (χ1v) is 10.5. The van der Waals surface area contributed by atoms with E-state index in [4.69, 9.17) is 16.3 Å². The van der Waals surface area contributed by atoms with Gasteiger partial charge >= 0.3 is 5.69 Å². The van der Waals surface area contributed by atoms with Gasteiger partial charge in [0, 0.05) is 5.02 Å². The Labute approximate surface area is 187 Å². The van der Waals surface area contributed by atoms with Crippen molar-refractivity contribution in [3.63, 3.8) is 0 Å². The number of nitrogens with zero attached hydrogens (tertiary/aromatic N) is 1. The Balaban J connectivity index is 1.46. The summed E-state index contributed by atoms with van der Waals surface area (Å²) >= 11 is 6.08. The van der Waals surface area contributed by atoms with Crippen molar-refractivity contribution in [2.45, 2.75) is 37.3 Å². The summed E-state index contributed by atoms with van der Waals surface area (Å²) in [6, 6.07) is 12.7. The molecule has 1 aromatic heterocycles. The van der Waals surface area contributed by atoms with Crippen LogP contribution in [0.25, 0.3) is 10.9 Å². The number of aliphatic hydroxyl groups excluding tert-OH is 2. The van der Waals surface area contributed by atoms with E-state index in [2.05, 4.69) is 10.3 Å². The van der Waals surface area contributed by atoms with E-state index >= 15 is 0 Å². The zero-order chi connectivity index (χ0) is 22.8. The van der Waals surface area contributed by atoms with Crippen LogP contribution in [0.4, 0.5) is 0 Å². The molecule has 2 aromatic carbocycles. The van der Waals surface area contributed by atoms with E-state index in [1.807, 2.05) is 0 Å². The Bertz CT molecular complexity index is 1260. The van der Waals surface area contributed by atoms with Gasteiger partial charge in [-0.2, -0.15) is 0 Å². The summed E-state index contributed by atoms with van der Waals surface area (Å²) in [7, 11) is 0. The van der Waals surface area contributed by atoms with Crippen molar-refractivity contribution in [2.75, 3.05) is 6.61 Å². The molecule has 3 aromatic rings. The number of fused-ring (bicyclic) bond motifs is 1.